The molecule has 1 unspecified atom stereocenters. The van der Waals surface area contributed by atoms with E-state index in [4.69, 9.17) is 0 Å². The molecule has 7 nitrogen and oxygen atoms in total. The second kappa shape index (κ2) is 4.13. The second-order valence-corrected chi connectivity index (χ2v) is 4.71. The van der Waals surface area contributed by atoms with Gasteiger partial charge in [0.2, 0.25) is 0 Å². The summed E-state index contributed by atoms with van der Waals surface area (Å²) < 4.78 is 1.71. The topological polar surface area (TPSA) is 86.7 Å². The minimum atomic E-state index is -0.412. The number of fused-ring (bicyclic) bond motifs is 3. The van der Waals surface area contributed by atoms with Gasteiger partial charge < -0.3 is 0 Å². The van der Waals surface area contributed by atoms with Gasteiger partial charge in [-0.1, -0.05) is 22.0 Å². The summed E-state index contributed by atoms with van der Waals surface area (Å²) in [6.45, 7) is 0. The van der Waals surface area contributed by atoms with E-state index in [1.165, 1.54) is 12.1 Å². The summed E-state index contributed by atoms with van der Waals surface area (Å²) in [5.74, 6) is 0.587. The highest BCUT2D eigenvalue weighted by Gasteiger charge is 2.27. The first-order chi connectivity index (χ1) is 8.70. The summed E-state index contributed by atoms with van der Waals surface area (Å²) in [5.41, 5.74) is 1.83. The molecule has 92 valence electrons. The van der Waals surface area contributed by atoms with Crippen molar-refractivity contribution in [1.82, 2.24) is 20.2 Å². The van der Waals surface area contributed by atoms with Crippen molar-refractivity contribution < 1.29 is 4.92 Å². The van der Waals surface area contributed by atoms with Gasteiger partial charge in [-0.15, -0.1) is 5.10 Å². The second-order valence-electron chi connectivity index (χ2n) is 4.06. The SMILES string of the molecule is O=[N+]([O-])c1ccc2c(c1)-c1nnnn1C(CBr)C2. The van der Waals surface area contributed by atoms with Crippen LogP contribution in [0.4, 0.5) is 5.69 Å². The van der Waals surface area contributed by atoms with Crippen molar-refractivity contribution >= 4 is 21.6 Å². The lowest BCUT2D eigenvalue weighted by atomic mass is 9.96. The third-order valence-electron chi connectivity index (χ3n) is 3.02. The number of hydrogen-bond donors (Lipinski definition) is 0. The van der Waals surface area contributed by atoms with Crippen molar-refractivity contribution in [1.29, 1.82) is 0 Å². The lowest BCUT2D eigenvalue weighted by Gasteiger charge is -2.22. The maximum atomic E-state index is 10.8. The van der Waals surface area contributed by atoms with Gasteiger partial charge in [0, 0.05) is 23.0 Å². The molecule has 0 amide bonds. The standard InChI is InChI=1S/C10H8BrN5O2/c11-5-8-3-6-1-2-7(16(17)18)4-9(6)10-12-13-14-15(8)10/h1-2,4,8H,3,5H2. The fraction of sp³-hybridized carbons (Fsp3) is 0.300. The maximum absolute atomic E-state index is 10.8. The molecule has 0 saturated heterocycles. The number of hydrogen-bond acceptors (Lipinski definition) is 5. The van der Waals surface area contributed by atoms with Crippen molar-refractivity contribution in [3.8, 4) is 11.4 Å². The van der Waals surface area contributed by atoms with Crippen LogP contribution in [-0.4, -0.2) is 30.5 Å². The largest absolute Gasteiger partial charge is 0.270 e. The van der Waals surface area contributed by atoms with Crippen molar-refractivity contribution in [2.75, 3.05) is 5.33 Å². The Morgan fingerprint density at radius 2 is 2.39 bits per heavy atom. The van der Waals surface area contributed by atoms with Gasteiger partial charge in [-0.05, 0) is 22.4 Å². The highest BCUT2D eigenvalue weighted by Crippen LogP contribution is 2.34. The number of tetrazole rings is 1. The first kappa shape index (κ1) is 11.3. The van der Waals surface area contributed by atoms with Crippen molar-refractivity contribution in [3.05, 3.63) is 33.9 Å². The quantitative estimate of drug-likeness (QED) is 0.479. The zero-order valence-electron chi connectivity index (χ0n) is 9.15. The predicted molar refractivity (Wildman–Crippen MR) is 66.4 cm³/mol. The number of non-ortho nitro benzene ring substituents is 1. The number of nitro groups is 1. The molecule has 1 aliphatic rings. The van der Waals surface area contributed by atoms with Crippen molar-refractivity contribution in [3.63, 3.8) is 0 Å². The van der Waals surface area contributed by atoms with Crippen LogP contribution in [0.2, 0.25) is 0 Å². The lowest BCUT2D eigenvalue weighted by molar-refractivity contribution is -0.384. The molecule has 0 saturated carbocycles. The van der Waals surface area contributed by atoms with Gasteiger partial charge in [-0.2, -0.15) is 0 Å². The van der Waals surface area contributed by atoms with Crippen LogP contribution in [0.3, 0.4) is 0 Å². The molecule has 0 aliphatic carbocycles. The number of nitro benzene ring substituents is 1. The van der Waals surface area contributed by atoms with E-state index in [9.17, 15) is 10.1 Å². The Labute approximate surface area is 110 Å². The monoisotopic (exact) mass is 309 g/mol. The Morgan fingerprint density at radius 1 is 1.56 bits per heavy atom. The summed E-state index contributed by atoms with van der Waals surface area (Å²) in [4.78, 5) is 10.4. The molecular formula is C10H8BrN5O2. The molecule has 8 heteroatoms. The summed E-state index contributed by atoms with van der Waals surface area (Å²) in [6, 6.07) is 4.97. The molecule has 18 heavy (non-hydrogen) atoms. The van der Waals surface area contributed by atoms with Gasteiger partial charge in [0.1, 0.15) is 0 Å². The zero-order valence-corrected chi connectivity index (χ0v) is 10.7. The Kier molecular flexibility index (Phi) is 2.58. The van der Waals surface area contributed by atoms with E-state index in [1.807, 2.05) is 0 Å². The molecule has 1 aromatic heterocycles. The summed E-state index contributed by atoms with van der Waals surface area (Å²) in [7, 11) is 0. The minimum absolute atomic E-state index is 0.0561. The van der Waals surface area contributed by atoms with Crippen LogP contribution in [0.1, 0.15) is 11.6 Å². The molecule has 0 bridgehead atoms. The van der Waals surface area contributed by atoms with Gasteiger partial charge >= 0.3 is 0 Å². The summed E-state index contributed by atoms with van der Waals surface area (Å²) in [6.07, 6.45) is 0.761. The van der Waals surface area contributed by atoms with Crippen molar-refractivity contribution in [2.45, 2.75) is 12.5 Å². The Balaban J connectivity index is 2.18. The Hall–Kier alpha value is -1.83. The first-order valence-electron chi connectivity index (χ1n) is 5.32. The van der Waals surface area contributed by atoms with Gasteiger partial charge in [-0.25, -0.2) is 4.68 Å². The van der Waals surface area contributed by atoms with E-state index in [1.54, 1.807) is 10.7 Å². The van der Waals surface area contributed by atoms with Crippen LogP contribution < -0.4 is 0 Å². The van der Waals surface area contributed by atoms with E-state index in [0.29, 0.717) is 5.82 Å². The third-order valence-corrected chi connectivity index (χ3v) is 3.76. The number of alkyl halides is 1. The predicted octanol–water partition coefficient (Wildman–Crippen LogP) is 1.74. The number of nitrogens with zero attached hydrogens (tertiary/aromatic N) is 5. The number of halogens is 1. The van der Waals surface area contributed by atoms with E-state index in [2.05, 4.69) is 31.5 Å². The Bertz CT molecular complexity index is 626. The molecule has 0 spiro atoms. The highest BCUT2D eigenvalue weighted by molar-refractivity contribution is 9.09. The average Bonchev–Trinajstić information content (AvgIpc) is 2.86. The molecule has 1 aromatic carbocycles. The molecule has 0 N–H and O–H groups in total. The summed E-state index contributed by atoms with van der Waals surface area (Å²) in [5, 5.41) is 23.1. The third kappa shape index (κ3) is 1.60. The number of aromatic nitrogens is 4. The van der Waals surface area contributed by atoms with Gasteiger partial charge in [0.05, 0.1) is 11.0 Å². The molecule has 3 rings (SSSR count). The van der Waals surface area contributed by atoms with E-state index in [-0.39, 0.29) is 11.7 Å². The van der Waals surface area contributed by atoms with Gasteiger partial charge in [0.15, 0.2) is 5.82 Å². The Morgan fingerprint density at radius 3 is 3.11 bits per heavy atom. The van der Waals surface area contributed by atoms with Crippen LogP contribution in [0.25, 0.3) is 11.4 Å². The molecule has 2 heterocycles. The minimum Gasteiger partial charge on any atom is -0.258 e. The normalized spacial score (nSPS) is 17.1. The fourth-order valence-electron chi connectivity index (χ4n) is 2.14. The molecule has 0 radical (unpaired) electrons. The van der Waals surface area contributed by atoms with Gasteiger partial charge in [0.25, 0.3) is 5.69 Å². The molecular weight excluding hydrogens is 302 g/mol. The maximum Gasteiger partial charge on any atom is 0.270 e. The fourth-order valence-corrected chi connectivity index (χ4v) is 2.64. The van der Waals surface area contributed by atoms with Crippen LogP contribution in [0.5, 0.6) is 0 Å². The van der Waals surface area contributed by atoms with E-state index >= 15 is 0 Å². The van der Waals surface area contributed by atoms with Crippen LogP contribution >= 0.6 is 15.9 Å². The van der Waals surface area contributed by atoms with E-state index in [0.717, 1.165) is 22.9 Å². The molecule has 1 atom stereocenters. The lowest BCUT2D eigenvalue weighted by Crippen LogP contribution is -2.21. The van der Waals surface area contributed by atoms with E-state index < -0.39 is 4.92 Å². The number of rotatable bonds is 2. The summed E-state index contributed by atoms with van der Waals surface area (Å²) >= 11 is 3.43. The first-order valence-corrected chi connectivity index (χ1v) is 6.44. The number of benzene rings is 1. The molecule has 1 aliphatic heterocycles. The molecule has 2 aromatic rings. The van der Waals surface area contributed by atoms with Crippen LogP contribution in [0.15, 0.2) is 18.2 Å². The average molecular weight is 310 g/mol. The van der Waals surface area contributed by atoms with Gasteiger partial charge in [-0.3, -0.25) is 10.1 Å². The zero-order chi connectivity index (χ0) is 12.7. The van der Waals surface area contributed by atoms with Crippen LogP contribution in [-0.2, 0) is 6.42 Å². The molecule has 0 fully saturated rings. The van der Waals surface area contributed by atoms with Crippen LogP contribution in [0, 0.1) is 10.1 Å². The smallest absolute Gasteiger partial charge is 0.258 e. The van der Waals surface area contributed by atoms with Crippen molar-refractivity contribution in [2.24, 2.45) is 0 Å². The highest BCUT2D eigenvalue weighted by atomic mass is 79.9.